The van der Waals surface area contributed by atoms with E-state index in [9.17, 15) is 22.4 Å². The van der Waals surface area contributed by atoms with Crippen molar-refractivity contribution in [2.45, 2.75) is 26.1 Å². The van der Waals surface area contributed by atoms with Crippen LogP contribution in [0, 0.1) is 12.7 Å². The number of fused-ring (bicyclic) bond motifs is 1. The van der Waals surface area contributed by atoms with Crippen molar-refractivity contribution in [3.8, 4) is 11.4 Å². The summed E-state index contributed by atoms with van der Waals surface area (Å²) in [6, 6.07) is 3.23. The Morgan fingerprint density at radius 3 is 2.70 bits per heavy atom. The minimum atomic E-state index is -4.67. The van der Waals surface area contributed by atoms with Crippen LogP contribution in [0.4, 0.5) is 17.6 Å². The van der Waals surface area contributed by atoms with Gasteiger partial charge in [0.1, 0.15) is 11.5 Å². The first-order valence-electron chi connectivity index (χ1n) is 8.87. The highest BCUT2D eigenvalue weighted by atomic mass is 35.5. The van der Waals surface area contributed by atoms with Crippen molar-refractivity contribution in [3.63, 3.8) is 0 Å². The van der Waals surface area contributed by atoms with E-state index in [0.29, 0.717) is 29.2 Å². The number of aromatic nitrogens is 4. The fourth-order valence-corrected chi connectivity index (χ4v) is 3.77. The number of nitrogens with one attached hydrogen (secondary N) is 1. The molecule has 3 aromatic rings. The Morgan fingerprint density at radius 1 is 1.27 bits per heavy atom. The largest absolute Gasteiger partial charge is 0.417 e. The van der Waals surface area contributed by atoms with E-state index in [4.69, 9.17) is 11.6 Å². The molecule has 1 aliphatic heterocycles. The number of benzene rings is 1. The van der Waals surface area contributed by atoms with Crippen LogP contribution < -0.4 is 0 Å². The Hall–Kier alpha value is -3.01. The molecule has 156 valence electrons. The predicted molar refractivity (Wildman–Crippen MR) is 99.2 cm³/mol. The van der Waals surface area contributed by atoms with Gasteiger partial charge in [-0.05, 0) is 25.5 Å². The van der Waals surface area contributed by atoms with E-state index in [1.165, 1.54) is 11.0 Å². The van der Waals surface area contributed by atoms with Gasteiger partial charge in [-0.1, -0.05) is 17.7 Å². The van der Waals surface area contributed by atoms with Crippen LogP contribution in [0.25, 0.3) is 11.4 Å². The van der Waals surface area contributed by atoms with Crippen LogP contribution in [0.3, 0.4) is 0 Å². The Kier molecular flexibility index (Phi) is 4.97. The SMILES string of the molecule is Cc1nc2c(c(-c3[nH]ncc3F)n1)CCN(C(=O)c1cccc(C(F)(F)F)c1Cl)C2. The molecule has 0 unspecified atom stereocenters. The summed E-state index contributed by atoms with van der Waals surface area (Å²) in [4.78, 5) is 22.9. The molecule has 0 saturated heterocycles. The molecular weight excluding hydrogens is 426 g/mol. The van der Waals surface area contributed by atoms with Gasteiger partial charge in [-0.3, -0.25) is 9.89 Å². The zero-order chi connectivity index (χ0) is 21.6. The van der Waals surface area contributed by atoms with E-state index in [2.05, 4.69) is 20.2 Å². The van der Waals surface area contributed by atoms with Crippen LogP contribution in [0.15, 0.2) is 24.4 Å². The third-order valence-electron chi connectivity index (χ3n) is 4.83. The number of halogens is 5. The lowest BCUT2D eigenvalue weighted by molar-refractivity contribution is -0.137. The molecule has 0 radical (unpaired) electrons. The minimum Gasteiger partial charge on any atom is -0.332 e. The lowest BCUT2D eigenvalue weighted by atomic mass is 9.99. The second-order valence-corrected chi connectivity index (χ2v) is 7.16. The Balaban J connectivity index is 1.68. The fraction of sp³-hybridized carbons (Fsp3) is 0.263. The molecule has 2 aromatic heterocycles. The molecule has 0 spiro atoms. The molecule has 0 bridgehead atoms. The van der Waals surface area contributed by atoms with Crippen LogP contribution in [-0.2, 0) is 19.1 Å². The average Bonchev–Trinajstić information content (AvgIpc) is 3.11. The molecule has 11 heteroatoms. The van der Waals surface area contributed by atoms with Gasteiger partial charge >= 0.3 is 6.18 Å². The number of aromatic amines is 1. The molecule has 3 heterocycles. The maximum atomic E-state index is 14.0. The van der Waals surface area contributed by atoms with Gasteiger partial charge in [0, 0.05) is 12.1 Å². The summed E-state index contributed by atoms with van der Waals surface area (Å²) in [6.07, 6.45) is -3.34. The quantitative estimate of drug-likeness (QED) is 0.608. The zero-order valence-electron chi connectivity index (χ0n) is 15.5. The number of carbonyl (C=O) groups excluding carboxylic acids is 1. The molecule has 1 aromatic carbocycles. The second kappa shape index (κ2) is 7.35. The molecule has 4 rings (SSSR count). The summed E-state index contributed by atoms with van der Waals surface area (Å²) in [5.41, 5.74) is 0.328. The first kappa shape index (κ1) is 20.3. The molecule has 0 fully saturated rings. The monoisotopic (exact) mass is 439 g/mol. The number of aryl methyl sites for hydroxylation is 1. The van der Waals surface area contributed by atoms with Crippen LogP contribution in [0.1, 0.15) is 33.0 Å². The van der Waals surface area contributed by atoms with Crippen LogP contribution in [0.5, 0.6) is 0 Å². The lowest BCUT2D eigenvalue weighted by Gasteiger charge is -2.29. The predicted octanol–water partition coefficient (Wildman–Crippen LogP) is 4.18. The third-order valence-corrected chi connectivity index (χ3v) is 5.24. The first-order chi connectivity index (χ1) is 14.2. The van der Waals surface area contributed by atoms with Gasteiger partial charge in [-0.15, -0.1) is 0 Å². The van der Waals surface area contributed by atoms with E-state index < -0.39 is 28.5 Å². The lowest BCUT2D eigenvalue weighted by Crippen LogP contribution is -2.37. The van der Waals surface area contributed by atoms with E-state index >= 15 is 0 Å². The number of amides is 1. The van der Waals surface area contributed by atoms with E-state index in [1.807, 2.05) is 0 Å². The maximum Gasteiger partial charge on any atom is 0.417 e. The molecule has 1 aliphatic rings. The summed E-state index contributed by atoms with van der Waals surface area (Å²) in [7, 11) is 0. The van der Waals surface area contributed by atoms with Crippen molar-refractivity contribution in [1.82, 2.24) is 25.1 Å². The molecule has 30 heavy (non-hydrogen) atoms. The number of H-pyrrole nitrogens is 1. The van der Waals surface area contributed by atoms with Crippen molar-refractivity contribution >= 4 is 17.5 Å². The van der Waals surface area contributed by atoms with E-state index in [0.717, 1.165) is 18.3 Å². The highest BCUT2D eigenvalue weighted by molar-refractivity contribution is 6.34. The van der Waals surface area contributed by atoms with Crippen molar-refractivity contribution in [3.05, 3.63) is 63.4 Å². The van der Waals surface area contributed by atoms with Crippen molar-refractivity contribution in [1.29, 1.82) is 0 Å². The van der Waals surface area contributed by atoms with Crippen molar-refractivity contribution in [2.75, 3.05) is 6.54 Å². The molecule has 1 N–H and O–H groups in total. The highest BCUT2D eigenvalue weighted by Crippen LogP contribution is 2.37. The topological polar surface area (TPSA) is 74.8 Å². The molecular formula is C19H14ClF4N5O. The number of carbonyl (C=O) groups is 1. The van der Waals surface area contributed by atoms with Gasteiger partial charge in [0.15, 0.2) is 5.82 Å². The van der Waals surface area contributed by atoms with Crippen LogP contribution in [0.2, 0.25) is 5.02 Å². The van der Waals surface area contributed by atoms with Crippen molar-refractivity contribution < 1.29 is 22.4 Å². The van der Waals surface area contributed by atoms with Crippen molar-refractivity contribution in [2.24, 2.45) is 0 Å². The minimum absolute atomic E-state index is 0.0346. The van der Waals surface area contributed by atoms with Gasteiger partial charge in [-0.2, -0.15) is 18.3 Å². The number of hydrogen-bond acceptors (Lipinski definition) is 4. The Labute approximate surface area is 172 Å². The fourth-order valence-electron chi connectivity index (χ4n) is 3.46. The molecule has 0 aliphatic carbocycles. The van der Waals surface area contributed by atoms with Gasteiger partial charge in [0.05, 0.1) is 40.3 Å². The van der Waals surface area contributed by atoms with E-state index in [-0.39, 0.29) is 24.3 Å². The number of rotatable bonds is 2. The zero-order valence-corrected chi connectivity index (χ0v) is 16.3. The average molecular weight is 440 g/mol. The maximum absolute atomic E-state index is 14.0. The summed E-state index contributed by atoms with van der Waals surface area (Å²) < 4.78 is 53.4. The number of alkyl halides is 3. The summed E-state index contributed by atoms with van der Waals surface area (Å²) in [6.45, 7) is 1.85. The number of hydrogen-bond donors (Lipinski definition) is 1. The van der Waals surface area contributed by atoms with Crippen LogP contribution >= 0.6 is 11.6 Å². The molecule has 0 saturated carbocycles. The Bertz CT molecular complexity index is 1140. The van der Waals surface area contributed by atoms with Gasteiger partial charge in [0.2, 0.25) is 0 Å². The Morgan fingerprint density at radius 2 is 2.03 bits per heavy atom. The summed E-state index contributed by atoms with van der Waals surface area (Å²) >= 11 is 5.90. The molecule has 6 nitrogen and oxygen atoms in total. The normalized spacial score (nSPS) is 14.0. The molecule has 1 amide bonds. The second-order valence-electron chi connectivity index (χ2n) is 6.78. The van der Waals surface area contributed by atoms with Gasteiger partial charge in [-0.25, -0.2) is 14.4 Å². The first-order valence-corrected chi connectivity index (χ1v) is 9.25. The van der Waals surface area contributed by atoms with Gasteiger partial charge < -0.3 is 4.90 Å². The van der Waals surface area contributed by atoms with Crippen LogP contribution in [-0.4, -0.2) is 37.5 Å². The van der Waals surface area contributed by atoms with E-state index in [1.54, 1.807) is 6.92 Å². The summed E-state index contributed by atoms with van der Waals surface area (Å²) in [5, 5.41) is 5.59. The molecule has 0 atom stereocenters. The summed E-state index contributed by atoms with van der Waals surface area (Å²) in [5.74, 6) is -0.837. The third kappa shape index (κ3) is 3.51. The smallest absolute Gasteiger partial charge is 0.332 e. The highest BCUT2D eigenvalue weighted by Gasteiger charge is 2.36. The van der Waals surface area contributed by atoms with Gasteiger partial charge in [0.25, 0.3) is 5.91 Å². The standard InChI is InChI=1S/C19H14ClF4N5O/c1-9-26-14-8-29(6-5-10(14)16(27-9)17-13(21)7-25-28-17)18(30)11-3-2-4-12(15(11)20)19(22,23)24/h2-4,7H,5-6,8H2,1H3,(H,25,28). The number of nitrogens with zero attached hydrogens (tertiary/aromatic N) is 4.